The molecule has 0 amide bonds. The fourth-order valence-corrected chi connectivity index (χ4v) is 5.30. The Labute approximate surface area is 160 Å². The van der Waals surface area contributed by atoms with E-state index in [2.05, 4.69) is 51.8 Å². The van der Waals surface area contributed by atoms with Gasteiger partial charge in [-0.3, -0.25) is 0 Å². The fourth-order valence-electron chi connectivity index (χ4n) is 4.69. The Morgan fingerprint density at radius 2 is 2.12 bits per heavy atom. The third kappa shape index (κ3) is 3.58. The van der Waals surface area contributed by atoms with Gasteiger partial charge in [0.15, 0.2) is 0 Å². The van der Waals surface area contributed by atoms with Crippen molar-refractivity contribution in [1.29, 1.82) is 0 Å². The van der Waals surface area contributed by atoms with E-state index in [9.17, 15) is 0 Å². The number of aromatic nitrogens is 1. The highest BCUT2D eigenvalue weighted by Gasteiger charge is 2.44. The van der Waals surface area contributed by atoms with Crippen molar-refractivity contribution in [2.24, 2.45) is 0 Å². The zero-order chi connectivity index (χ0) is 18.0. The second kappa shape index (κ2) is 7.77. The predicted octanol–water partition coefficient (Wildman–Crippen LogP) is 3.67. The van der Waals surface area contributed by atoms with E-state index < -0.39 is 0 Å². The molecule has 5 heteroatoms. The molecule has 0 unspecified atom stereocenters. The first-order valence-electron chi connectivity index (χ1n) is 9.65. The molecule has 2 aliphatic rings. The minimum atomic E-state index is 0.343. The smallest absolute Gasteiger partial charge is 0.0897 e. The topological polar surface area (TPSA) is 37.4 Å². The number of benzene rings is 1. The third-order valence-electron chi connectivity index (χ3n) is 6.12. The monoisotopic (exact) mass is 371 g/mol. The van der Waals surface area contributed by atoms with Crippen LogP contribution in [-0.4, -0.2) is 43.2 Å². The van der Waals surface area contributed by atoms with Crippen molar-refractivity contribution in [1.82, 2.24) is 15.2 Å². The van der Waals surface area contributed by atoms with Gasteiger partial charge < -0.3 is 15.0 Å². The van der Waals surface area contributed by atoms with Gasteiger partial charge in [-0.1, -0.05) is 24.3 Å². The molecule has 2 heterocycles. The van der Waals surface area contributed by atoms with E-state index in [1.807, 2.05) is 0 Å². The molecule has 0 saturated carbocycles. The normalized spacial score (nSPS) is 22.0. The van der Waals surface area contributed by atoms with Gasteiger partial charge in [0, 0.05) is 31.6 Å². The molecule has 1 spiro atoms. The van der Waals surface area contributed by atoms with Crippen molar-refractivity contribution in [2.75, 3.05) is 33.4 Å². The summed E-state index contributed by atoms with van der Waals surface area (Å²) in [6.45, 7) is 7.18. The molecule has 1 aromatic carbocycles. The highest BCUT2D eigenvalue weighted by Crippen LogP contribution is 2.50. The number of rotatable bonds is 6. The zero-order valence-electron chi connectivity index (χ0n) is 15.8. The van der Waals surface area contributed by atoms with E-state index in [0.29, 0.717) is 11.5 Å². The maximum atomic E-state index is 5.25. The lowest BCUT2D eigenvalue weighted by molar-refractivity contribution is 0.107. The van der Waals surface area contributed by atoms with E-state index in [-0.39, 0.29) is 0 Å². The summed E-state index contributed by atoms with van der Waals surface area (Å²) in [5.74, 6) is 0. The second-order valence-electron chi connectivity index (χ2n) is 7.70. The van der Waals surface area contributed by atoms with Crippen molar-refractivity contribution in [3.63, 3.8) is 0 Å². The molecular weight excluding hydrogens is 342 g/mol. The lowest BCUT2D eigenvalue weighted by atomic mass is 9.73. The van der Waals surface area contributed by atoms with Gasteiger partial charge in [-0.15, -0.1) is 11.3 Å². The Kier molecular flexibility index (Phi) is 5.41. The number of likely N-dealkylation sites (tertiary alicyclic amines) is 1. The number of piperidine rings is 1. The lowest BCUT2D eigenvalue weighted by Gasteiger charge is -2.40. The summed E-state index contributed by atoms with van der Waals surface area (Å²) < 4.78 is 5.25. The highest BCUT2D eigenvalue weighted by molar-refractivity contribution is 7.09. The number of aryl methyl sites for hydroxylation is 1. The summed E-state index contributed by atoms with van der Waals surface area (Å²) in [7, 11) is 1.79. The molecule has 2 aromatic rings. The number of thiazole rings is 1. The van der Waals surface area contributed by atoms with E-state index in [1.165, 1.54) is 43.6 Å². The maximum Gasteiger partial charge on any atom is 0.0897 e. The number of nitrogens with one attached hydrogen (secondary N) is 1. The maximum absolute atomic E-state index is 5.25. The van der Waals surface area contributed by atoms with Crippen molar-refractivity contribution >= 4 is 11.3 Å². The number of methoxy groups -OCH3 is 1. The van der Waals surface area contributed by atoms with Crippen molar-refractivity contribution in [2.45, 2.75) is 44.2 Å². The molecule has 4 rings (SSSR count). The first-order valence-corrected chi connectivity index (χ1v) is 10.5. The van der Waals surface area contributed by atoms with Crippen molar-refractivity contribution < 1.29 is 4.74 Å². The number of ether oxygens (including phenoxy) is 1. The minimum Gasteiger partial charge on any atom is -0.383 e. The van der Waals surface area contributed by atoms with Crippen LogP contribution in [0, 0.1) is 6.92 Å². The van der Waals surface area contributed by atoms with Gasteiger partial charge in [-0.05, 0) is 55.8 Å². The molecule has 1 fully saturated rings. The van der Waals surface area contributed by atoms with Gasteiger partial charge in [0.25, 0.3) is 0 Å². The van der Waals surface area contributed by atoms with Crippen LogP contribution in [0.4, 0.5) is 0 Å². The Hall–Kier alpha value is -1.27. The molecular formula is C21H29N3OS. The van der Waals surface area contributed by atoms with Crippen LogP contribution in [0.25, 0.3) is 0 Å². The van der Waals surface area contributed by atoms with Crippen molar-refractivity contribution in [3.05, 3.63) is 51.5 Å². The first-order chi connectivity index (χ1) is 12.7. The van der Waals surface area contributed by atoms with E-state index in [4.69, 9.17) is 4.74 Å². The molecule has 0 bridgehead atoms. The van der Waals surface area contributed by atoms with E-state index in [1.54, 1.807) is 24.0 Å². The van der Waals surface area contributed by atoms with Crippen LogP contribution in [0.1, 0.15) is 47.1 Å². The quantitative estimate of drug-likeness (QED) is 0.841. The average molecular weight is 372 g/mol. The number of fused-ring (bicyclic) bond motifs is 2. The summed E-state index contributed by atoms with van der Waals surface area (Å²) in [4.78, 5) is 7.16. The molecule has 1 aromatic heterocycles. The Morgan fingerprint density at radius 1 is 1.31 bits per heavy atom. The molecule has 1 aliphatic carbocycles. The molecule has 1 saturated heterocycles. The summed E-state index contributed by atoms with van der Waals surface area (Å²) in [6, 6.07) is 9.54. The van der Waals surface area contributed by atoms with E-state index >= 15 is 0 Å². The SMILES string of the molecule is COCCN1CCC2(CC1)C[C@@H](NCc1csc(C)n1)c1ccccc12. The number of hydrogen-bond acceptors (Lipinski definition) is 5. The molecule has 26 heavy (non-hydrogen) atoms. The predicted molar refractivity (Wildman–Crippen MR) is 107 cm³/mol. The second-order valence-corrected chi connectivity index (χ2v) is 8.76. The minimum absolute atomic E-state index is 0.343. The number of hydrogen-bond donors (Lipinski definition) is 1. The fraction of sp³-hybridized carbons (Fsp3) is 0.571. The largest absolute Gasteiger partial charge is 0.383 e. The van der Waals surface area contributed by atoms with E-state index in [0.717, 1.165) is 24.7 Å². The lowest BCUT2D eigenvalue weighted by Crippen LogP contribution is -2.43. The van der Waals surface area contributed by atoms with Gasteiger partial charge in [0.1, 0.15) is 0 Å². The summed E-state index contributed by atoms with van der Waals surface area (Å²) >= 11 is 1.73. The van der Waals surface area contributed by atoms with Crippen LogP contribution in [0.15, 0.2) is 29.6 Å². The Bertz CT molecular complexity index is 736. The molecule has 4 nitrogen and oxygen atoms in total. The van der Waals surface area contributed by atoms with Crippen LogP contribution in [0.2, 0.25) is 0 Å². The summed E-state index contributed by atoms with van der Waals surface area (Å²) in [5, 5.41) is 7.12. The molecule has 1 atom stereocenters. The molecule has 1 aliphatic heterocycles. The zero-order valence-corrected chi connectivity index (χ0v) is 16.6. The van der Waals surface area contributed by atoms with Crippen LogP contribution >= 0.6 is 11.3 Å². The molecule has 140 valence electrons. The summed E-state index contributed by atoms with van der Waals surface area (Å²) in [5.41, 5.74) is 4.60. The van der Waals surface area contributed by atoms with Crippen LogP contribution in [0.5, 0.6) is 0 Å². The van der Waals surface area contributed by atoms with Gasteiger partial charge in [-0.25, -0.2) is 4.98 Å². The van der Waals surface area contributed by atoms with Gasteiger partial charge in [-0.2, -0.15) is 0 Å². The van der Waals surface area contributed by atoms with Gasteiger partial charge in [0.05, 0.1) is 17.3 Å². The number of nitrogens with zero attached hydrogens (tertiary/aromatic N) is 2. The first kappa shape index (κ1) is 18.1. The summed E-state index contributed by atoms with van der Waals surface area (Å²) in [6.07, 6.45) is 3.72. The van der Waals surface area contributed by atoms with Crippen molar-refractivity contribution in [3.8, 4) is 0 Å². The Morgan fingerprint density at radius 3 is 2.85 bits per heavy atom. The standard InChI is InChI=1S/C21H29N3OS/c1-16-23-17(15-26-16)14-22-20-13-21(19-6-4-3-5-18(19)20)7-9-24(10-8-21)11-12-25-2/h3-6,15,20,22H,7-14H2,1-2H3/t20-/m1/s1. The van der Waals surface area contributed by atoms with Crippen LogP contribution in [0.3, 0.4) is 0 Å². The highest BCUT2D eigenvalue weighted by atomic mass is 32.1. The van der Waals surface area contributed by atoms with Gasteiger partial charge in [0.2, 0.25) is 0 Å². The van der Waals surface area contributed by atoms with Crippen LogP contribution < -0.4 is 5.32 Å². The Balaban J connectivity index is 1.46. The third-order valence-corrected chi connectivity index (χ3v) is 6.95. The molecule has 0 radical (unpaired) electrons. The van der Waals surface area contributed by atoms with Crippen LogP contribution in [-0.2, 0) is 16.7 Å². The molecule has 1 N–H and O–H groups in total. The average Bonchev–Trinajstić information content (AvgIpc) is 3.22. The van der Waals surface area contributed by atoms with Gasteiger partial charge >= 0.3 is 0 Å².